The van der Waals surface area contributed by atoms with Crippen molar-refractivity contribution >= 4 is 5.84 Å². The number of ether oxygens (including phenoxy) is 1. The van der Waals surface area contributed by atoms with Crippen molar-refractivity contribution < 1.29 is 4.74 Å². The molecule has 0 aliphatic carbocycles. The maximum Gasteiger partial charge on any atom is 0.122 e. The lowest BCUT2D eigenvalue weighted by atomic mass is 10.1. The van der Waals surface area contributed by atoms with Crippen molar-refractivity contribution in [3.05, 3.63) is 35.4 Å². The number of benzene rings is 1. The van der Waals surface area contributed by atoms with E-state index in [9.17, 15) is 0 Å². The second kappa shape index (κ2) is 3.88. The normalized spacial score (nSPS) is 9.75. The van der Waals surface area contributed by atoms with Crippen molar-refractivity contribution in [3.63, 3.8) is 0 Å². The molecule has 0 radical (unpaired) electrons. The van der Waals surface area contributed by atoms with Crippen LogP contribution in [0.3, 0.4) is 0 Å². The van der Waals surface area contributed by atoms with Crippen LogP contribution in [-0.2, 0) is 11.3 Å². The number of hydrogen-bond donors (Lipinski definition) is 2. The van der Waals surface area contributed by atoms with Crippen molar-refractivity contribution in [2.45, 2.75) is 6.61 Å². The number of amidine groups is 1. The summed E-state index contributed by atoms with van der Waals surface area (Å²) in [6.45, 7) is 0.595. The van der Waals surface area contributed by atoms with Gasteiger partial charge in [-0.25, -0.2) is 0 Å². The quantitative estimate of drug-likeness (QED) is 0.519. The third-order valence-corrected chi connectivity index (χ3v) is 1.58. The van der Waals surface area contributed by atoms with Crippen LogP contribution in [0.4, 0.5) is 0 Å². The third-order valence-electron chi connectivity index (χ3n) is 1.58. The molecule has 0 fully saturated rings. The van der Waals surface area contributed by atoms with Gasteiger partial charge in [0.25, 0.3) is 0 Å². The largest absolute Gasteiger partial charge is 0.384 e. The maximum atomic E-state index is 7.15. The molecule has 12 heavy (non-hydrogen) atoms. The van der Waals surface area contributed by atoms with E-state index >= 15 is 0 Å². The van der Waals surface area contributed by atoms with E-state index in [1.54, 1.807) is 7.11 Å². The molecule has 0 aliphatic heterocycles. The topological polar surface area (TPSA) is 59.1 Å². The van der Waals surface area contributed by atoms with E-state index in [4.69, 9.17) is 15.9 Å². The lowest BCUT2D eigenvalue weighted by molar-refractivity contribution is 0.185. The molecule has 64 valence electrons. The van der Waals surface area contributed by atoms with Gasteiger partial charge in [-0.1, -0.05) is 24.3 Å². The fraction of sp³-hybridized carbons (Fsp3) is 0.222. The highest BCUT2D eigenvalue weighted by atomic mass is 16.5. The standard InChI is InChI=1S/C9H12N2O/c1-12-6-7-2-4-8(5-3-7)9(10)11/h2-5H,6H2,1H3,(H3,10,11). The van der Waals surface area contributed by atoms with Gasteiger partial charge in [-0.3, -0.25) is 5.41 Å². The van der Waals surface area contributed by atoms with Crippen LogP contribution in [0.15, 0.2) is 24.3 Å². The molecule has 0 saturated carbocycles. The van der Waals surface area contributed by atoms with Gasteiger partial charge in [0.15, 0.2) is 0 Å². The van der Waals surface area contributed by atoms with E-state index in [1.165, 1.54) is 0 Å². The zero-order valence-electron chi connectivity index (χ0n) is 7.00. The molecule has 1 aromatic rings. The highest BCUT2D eigenvalue weighted by molar-refractivity contribution is 5.94. The number of hydrogen-bond acceptors (Lipinski definition) is 2. The first kappa shape index (κ1) is 8.74. The molecular weight excluding hydrogens is 152 g/mol. The van der Waals surface area contributed by atoms with Crippen LogP contribution < -0.4 is 5.73 Å². The summed E-state index contributed by atoms with van der Waals surface area (Å²) in [5, 5.41) is 7.15. The monoisotopic (exact) mass is 164 g/mol. The van der Waals surface area contributed by atoms with Crippen LogP contribution in [0, 0.1) is 5.41 Å². The zero-order valence-corrected chi connectivity index (χ0v) is 7.00. The summed E-state index contributed by atoms with van der Waals surface area (Å²) in [6, 6.07) is 7.44. The summed E-state index contributed by atoms with van der Waals surface area (Å²) < 4.78 is 4.94. The van der Waals surface area contributed by atoms with E-state index in [0.717, 1.165) is 11.1 Å². The van der Waals surface area contributed by atoms with Gasteiger partial charge in [-0.15, -0.1) is 0 Å². The average molecular weight is 164 g/mol. The first-order chi connectivity index (χ1) is 5.74. The maximum absolute atomic E-state index is 7.15. The van der Waals surface area contributed by atoms with Crippen molar-refractivity contribution in [2.24, 2.45) is 5.73 Å². The van der Waals surface area contributed by atoms with E-state index in [0.29, 0.717) is 6.61 Å². The average Bonchev–Trinajstić information content (AvgIpc) is 2.06. The zero-order chi connectivity index (χ0) is 8.97. The predicted octanol–water partition coefficient (Wildman–Crippen LogP) is 1.12. The highest BCUT2D eigenvalue weighted by Gasteiger charge is 1.95. The van der Waals surface area contributed by atoms with Crippen molar-refractivity contribution in [1.82, 2.24) is 0 Å². The van der Waals surface area contributed by atoms with E-state index in [1.807, 2.05) is 24.3 Å². The smallest absolute Gasteiger partial charge is 0.122 e. The summed E-state index contributed by atoms with van der Waals surface area (Å²) in [7, 11) is 1.65. The van der Waals surface area contributed by atoms with E-state index in [-0.39, 0.29) is 5.84 Å². The van der Waals surface area contributed by atoms with Crippen molar-refractivity contribution in [1.29, 1.82) is 5.41 Å². The molecule has 0 atom stereocenters. The Labute approximate surface area is 71.7 Å². The second-order valence-electron chi connectivity index (χ2n) is 2.54. The Morgan fingerprint density at radius 3 is 2.42 bits per heavy atom. The van der Waals surface area contributed by atoms with Crippen molar-refractivity contribution in [2.75, 3.05) is 7.11 Å². The third kappa shape index (κ3) is 2.07. The molecule has 0 bridgehead atoms. The molecule has 1 aromatic carbocycles. The van der Waals surface area contributed by atoms with E-state index < -0.39 is 0 Å². The highest BCUT2D eigenvalue weighted by Crippen LogP contribution is 2.04. The molecule has 0 spiro atoms. The van der Waals surface area contributed by atoms with Crippen LogP contribution in [0.25, 0.3) is 0 Å². The van der Waals surface area contributed by atoms with Gasteiger partial charge in [0.1, 0.15) is 5.84 Å². The van der Waals surface area contributed by atoms with Crippen LogP contribution >= 0.6 is 0 Å². The Hall–Kier alpha value is -1.35. The molecule has 0 heterocycles. The minimum Gasteiger partial charge on any atom is -0.384 e. The van der Waals surface area contributed by atoms with Crippen LogP contribution in [-0.4, -0.2) is 12.9 Å². The second-order valence-corrected chi connectivity index (χ2v) is 2.54. The van der Waals surface area contributed by atoms with E-state index in [2.05, 4.69) is 0 Å². The molecule has 0 amide bonds. The molecule has 0 saturated heterocycles. The summed E-state index contributed by atoms with van der Waals surface area (Å²) in [4.78, 5) is 0. The Kier molecular flexibility index (Phi) is 2.82. The van der Waals surface area contributed by atoms with Crippen molar-refractivity contribution in [3.8, 4) is 0 Å². The SMILES string of the molecule is COCc1ccc(C(=N)N)cc1. The summed E-state index contributed by atoms with van der Waals surface area (Å²) >= 11 is 0. The lowest BCUT2D eigenvalue weighted by Crippen LogP contribution is -2.10. The summed E-state index contributed by atoms with van der Waals surface area (Å²) in [6.07, 6.45) is 0. The molecule has 0 unspecified atom stereocenters. The van der Waals surface area contributed by atoms with Crippen LogP contribution in [0.5, 0.6) is 0 Å². The first-order valence-corrected chi connectivity index (χ1v) is 3.66. The fourth-order valence-electron chi connectivity index (χ4n) is 0.947. The Morgan fingerprint density at radius 2 is 2.00 bits per heavy atom. The minimum atomic E-state index is 0.0963. The Morgan fingerprint density at radius 1 is 1.42 bits per heavy atom. The van der Waals surface area contributed by atoms with Gasteiger partial charge in [0.05, 0.1) is 6.61 Å². The van der Waals surface area contributed by atoms with Gasteiger partial charge in [0.2, 0.25) is 0 Å². The van der Waals surface area contributed by atoms with Gasteiger partial charge in [-0.05, 0) is 5.56 Å². The van der Waals surface area contributed by atoms with Crippen LogP contribution in [0.2, 0.25) is 0 Å². The molecule has 3 nitrogen and oxygen atoms in total. The number of methoxy groups -OCH3 is 1. The van der Waals surface area contributed by atoms with Gasteiger partial charge in [-0.2, -0.15) is 0 Å². The molecule has 0 aliphatic rings. The minimum absolute atomic E-state index is 0.0963. The lowest BCUT2D eigenvalue weighted by Gasteiger charge is -2.00. The summed E-state index contributed by atoms with van der Waals surface area (Å²) in [5.74, 6) is 0.0963. The molecule has 3 N–H and O–H groups in total. The van der Waals surface area contributed by atoms with Crippen LogP contribution in [0.1, 0.15) is 11.1 Å². The molecule has 0 aromatic heterocycles. The van der Waals surface area contributed by atoms with Gasteiger partial charge < -0.3 is 10.5 Å². The number of nitrogens with one attached hydrogen (secondary N) is 1. The Balaban J connectivity index is 2.78. The number of rotatable bonds is 3. The fourth-order valence-corrected chi connectivity index (χ4v) is 0.947. The summed E-state index contributed by atoms with van der Waals surface area (Å²) in [5.41, 5.74) is 7.12. The number of nitrogen functional groups attached to an aromatic ring is 1. The predicted molar refractivity (Wildman–Crippen MR) is 48.2 cm³/mol. The molecular formula is C9H12N2O. The molecule has 3 heteroatoms. The Bertz CT molecular complexity index is 266. The first-order valence-electron chi connectivity index (χ1n) is 3.66. The van der Waals surface area contributed by atoms with Gasteiger partial charge in [0, 0.05) is 12.7 Å². The molecule has 1 rings (SSSR count). The van der Waals surface area contributed by atoms with Gasteiger partial charge >= 0.3 is 0 Å². The number of nitrogens with two attached hydrogens (primary N) is 1.